The van der Waals surface area contributed by atoms with Gasteiger partial charge in [-0.15, -0.1) is 11.3 Å². The molecule has 1 N–H and O–H groups in total. The van der Waals surface area contributed by atoms with Crippen molar-refractivity contribution >= 4 is 33.4 Å². The quantitative estimate of drug-likeness (QED) is 0.875. The maximum atomic E-state index is 10.7. The average molecular weight is 250 g/mol. The largest absolute Gasteiger partial charge is 0.453 e. The standard InChI is InChI=1S/C7H8BrNO2S/c1-11-7(10)9-4-6-5(8)2-3-12-6/h2-3H,4H2,1H3,(H,9,10). The van der Waals surface area contributed by atoms with Gasteiger partial charge in [-0.2, -0.15) is 0 Å². The van der Waals surface area contributed by atoms with Crippen LogP contribution in [0.1, 0.15) is 4.88 Å². The Bertz CT molecular complexity index is 274. The summed E-state index contributed by atoms with van der Waals surface area (Å²) in [5.74, 6) is 0. The molecule has 0 atom stereocenters. The van der Waals surface area contributed by atoms with E-state index in [1.54, 1.807) is 11.3 Å². The number of ether oxygens (including phenoxy) is 1. The van der Waals surface area contributed by atoms with E-state index in [1.165, 1.54) is 7.11 Å². The third kappa shape index (κ3) is 2.49. The molecule has 0 fully saturated rings. The zero-order valence-electron chi connectivity index (χ0n) is 6.46. The van der Waals surface area contributed by atoms with E-state index >= 15 is 0 Å². The Hall–Kier alpha value is -0.550. The van der Waals surface area contributed by atoms with Crippen molar-refractivity contribution in [3.05, 3.63) is 20.8 Å². The molecule has 1 amide bonds. The first-order valence-electron chi connectivity index (χ1n) is 3.27. The van der Waals surface area contributed by atoms with Crippen molar-refractivity contribution in [3.63, 3.8) is 0 Å². The highest BCUT2D eigenvalue weighted by Gasteiger charge is 2.03. The van der Waals surface area contributed by atoms with Crippen LogP contribution in [0.25, 0.3) is 0 Å². The minimum atomic E-state index is -0.407. The molecule has 0 aliphatic carbocycles. The van der Waals surface area contributed by atoms with Crippen molar-refractivity contribution in [2.24, 2.45) is 0 Å². The Morgan fingerprint density at radius 2 is 2.58 bits per heavy atom. The second-order valence-corrected chi connectivity index (χ2v) is 3.89. The molecule has 0 aromatic carbocycles. The number of halogens is 1. The second-order valence-electron chi connectivity index (χ2n) is 2.04. The lowest BCUT2D eigenvalue weighted by Crippen LogP contribution is -2.21. The van der Waals surface area contributed by atoms with Crippen molar-refractivity contribution in [3.8, 4) is 0 Å². The first-order valence-corrected chi connectivity index (χ1v) is 4.95. The molecule has 0 spiro atoms. The smallest absolute Gasteiger partial charge is 0.407 e. The van der Waals surface area contributed by atoms with E-state index in [4.69, 9.17) is 0 Å². The van der Waals surface area contributed by atoms with Gasteiger partial charge in [0.2, 0.25) is 0 Å². The normalized spacial score (nSPS) is 9.50. The van der Waals surface area contributed by atoms with Crippen molar-refractivity contribution in [2.75, 3.05) is 7.11 Å². The van der Waals surface area contributed by atoms with Crippen LogP contribution in [0.4, 0.5) is 4.79 Å². The predicted octanol–water partition coefficient (Wildman–Crippen LogP) is 2.37. The monoisotopic (exact) mass is 249 g/mol. The highest BCUT2D eigenvalue weighted by molar-refractivity contribution is 9.10. The highest BCUT2D eigenvalue weighted by Crippen LogP contribution is 2.21. The Labute approximate surface area is 82.9 Å². The van der Waals surface area contributed by atoms with Gasteiger partial charge in [-0.1, -0.05) is 0 Å². The first kappa shape index (κ1) is 9.54. The SMILES string of the molecule is COC(=O)NCc1sccc1Br. The van der Waals surface area contributed by atoms with Gasteiger partial charge in [0, 0.05) is 9.35 Å². The summed E-state index contributed by atoms with van der Waals surface area (Å²) in [5.41, 5.74) is 0. The Morgan fingerprint density at radius 3 is 3.08 bits per heavy atom. The zero-order valence-corrected chi connectivity index (χ0v) is 8.87. The van der Waals surface area contributed by atoms with Gasteiger partial charge in [-0.3, -0.25) is 0 Å². The van der Waals surface area contributed by atoms with E-state index in [2.05, 4.69) is 26.0 Å². The summed E-state index contributed by atoms with van der Waals surface area (Å²) in [6.45, 7) is 0.505. The maximum Gasteiger partial charge on any atom is 0.407 e. The van der Waals surface area contributed by atoms with Crippen molar-refractivity contribution < 1.29 is 9.53 Å². The van der Waals surface area contributed by atoms with Crippen LogP contribution >= 0.6 is 27.3 Å². The van der Waals surface area contributed by atoms with Crippen LogP contribution in [0.3, 0.4) is 0 Å². The van der Waals surface area contributed by atoms with E-state index < -0.39 is 6.09 Å². The number of methoxy groups -OCH3 is 1. The molecule has 0 saturated heterocycles. The summed E-state index contributed by atoms with van der Waals surface area (Å²) in [7, 11) is 1.35. The minimum Gasteiger partial charge on any atom is -0.453 e. The minimum absolute atomic E-state index is 0.407. The fraction of sp³-hybridized carbons (Fsp3) is 0.286. The third-order valence-corrected chi connectivity index (χ3v) is 3.20. The molecule has 66 valence electrons. The second kappa shape index (κ2) is 4.47. The Kier molecular flexibility index (Phi) is 3.55. The van der Waals surface area contributed by atoms with Crippen LogP contribution in [0, 0.1) is 0 Å². The maximum absolute atomic E-state index is 10.7. The fourth-order valence-electron chi connectivity index (χ4n) is 0.676. The van der Waals surface area contributed by atoms with E-state index in [-0.39, 0.29) is 0 Å². The number of carbonyl (C=O) groups is 1. The van der Waals surface area contributed by atoms with Crippen LogP contribution < -0.4 is 5.32 Å². The molecular formula is C7H8BrNO2S. The van der Waals surface area contributed by atoms with Crippen molar-refractivity contribution in [1.29, 1.82) is 0 Å². The fourth-order valence-corrected chi connectivity index (χ4v) is 2.11. The lowest BCUT2D eigenvalue weighted by atomic mass is 10.5. The van der Waals surface area contributed by atoms with Crippen molar-refractivity contribution in [1.82, 2.24) is 5.32 Å². The summed E-state index contributed by atoms with van der Waals surface area (Å²) < 4.78 is 5.45. The van der Waals surface area contributed by atoms with Crippen LogP contribution in [0.2, 0.25) is 0 Å². The van der Waals surface area contributed by atoms with E-state index in [1.807, 2.05) is 11.4 Å². The number of thiophene rings is 1. The molecule has 0 unspecified atom stereocenters. The number of hydrogen-bond donors (Lipinski definition) is 1. The lowest BCUT2D eigenvalue weighted by molar-refractivity contribution is 0.170. The molecule has 12 heavy (non-hydrogen) atoms. The molecule has 5 heteroatoms. The summed E-state index contributed by atoms with van der Waals surface area (Å²) >= 11 is 4.94. The van der Waals surface area contributed by atoms with Crippen LogP contribution in [-0.2, 0) is 11.3 Å². The van der Waals surface area contributed by atoms with Crippen LogP contribution in [-0.4, -0.2) is 13.2 Å². The molecule has 1 aromatic rings. The molecule has 3 nitrogen and oxygen atoms in total. The predicted molar refractivity (Wildman–Crippen MR) is 51.3 cm³/mol. The topological polar surface area (TPSA) is 38.3 Å². The van der Waals surface area contributed by atoms with Gasteiger partial charge in [0.25, 0.3) is 0 Å². The summed E-state index contributed by atoms with van der Waals surface area (Å²) in [6.07, 6.45) is -0.407. The summed E-state index contributed by atoms with van der Waals surface area (Å²) in [6, 6.07) is 1.94. The lowest BCUT2D eigenvalue weighted by Gasteiger charge is -2.01. The van der Waals surface area contributed by atoms with Gasteiger partial charge in [0.15, 0.2) is 0 Å². The van der Waals surface area contributed by atoms with Gasteiger partial charge in [-0.05, 0) is 27.4 Å². The Morgan fingerprint density at radius 1 is 1.83 bits per heavy atom. The van der Waals surface area contributed by atoms with Gasteiger partial charge in [-0.25, -0.2) is 4.79 Å². The van der Waals surface area contributed by atoms with Gasteiger partial charge < -0.3 is 10.1 Å². The molecule has 0 saturated carbocycles. The molecular weight excluding hydrogens is 242 g/mol. The molecule has 0 bridgehead atoms. The van der Waals surface area contributed by atoms with E-state index in [9.17, 15) is 4.79 Å². The van der Waals surface area contributed by atoms with Gasteiger partial charge in [0.1, 0.15) is 0 Å². The molecule has 0 aliphatic rings. The zero-order chi connectivity index (χ0) is 8.97. The number of carbonyl (C=O) groups excluding carboxylic acids is 1. The number of rotatable bonds is 2. The molecule has 1 rings (SSSR count). The highest BCUT2D eigenvalue weighted by atomic mass is 79.9. The number of amides is 1. The number of alkyl carbamates (subject to hydrolysis) is 1. The first-order chi connectivity index (χ1) is 5.74. The van der Waals surface area contributed by atoms with Crippen LogP contribution in [0.15, 0.2) is 15.9 Å². The molecule has 1 aromatic heterocycles. The van der Waals surface area contributed by atoms with E-state index in [0.29, 0.717) is 6.54 Å². The van der Waals surface area contributed by atoms with Crippen molar-refractivity contribution in [2.45, 2.75) is 6.54 Å². The van der Waals surface area contributed by atoms with E-state index in [0.717, 1.165) is 9.35 Å². The summed E-state index contributed by atoms with van der Waals surface area (Å²) in [4.78, 5) is 11.8. The van der Waals surface area contributed by atoms with Crippen LogP contribution in [0.5, 0.6) is 0 Å². The molecule has 1 heterocycles. The Balaban J connectivity index is 2.43. The van der Waals surface area contributed by atoms with Gasteiger partial charge >= 0.3 is 6.09 Å². The molecule has 0 radical (unpaired) electrons. The molecule has 0 aliphatic heterocycles. The average Bonchev–Trinajstić information content (AvgIpc) is 2.47. The van der Waals surface area contributed by atoms with Gasteiger partial charge in [0.05, 0.1) is 13.7 Å². The number of hydrogen-bond acceptors (Lipinski definition) is 3. The third-order valence-electron chi connectivity index (χ3n) is 1.27. The number of nitrogens with one attached hydrogen (secondary N) is 1. The summed E-state index contributed by atoms with van der Waals surface area (Å²) in [5, 5.41) is 4.55.